The molecule has 0 N–H and O–H groups in total. The lowest BCUT2D eigenvalue weighted by molar-refractivity contribution is 0.299. The van der Waals surface area contributed by atoms with Crippen LogP contribution in [-0.4, -0.2) is 4.98 Å². The average Bonchev–Trinajstić information content (AvgIpc) is 2.28. The summed E-state index contributed by atoms with van der Waals surface area (Å²) >= 11 is 5.76. The van der Waals surface area contributed by atoms with Gasteiger partial charge in [0.15, 0.2) is 0 Å². The van der Waals surface area contributed by atoms with Gasteiger partial charge >= 0.3 is 0 Å². The van der Waals surface area contributed by atoms with Gasteiger partial charge in [0, 0.05) is 0 Å². The van der Waals surface area contributed by atoms with Gasteiger partial charge in [-0.1, -0.05) is 17.7 Å². The van der Waals surface area contributed by atoms with Crippen molar-refractivity contribution in [1.29, 1.82) is 0 Å². The van der Waals surface area contributed by atoms with Gasteiger partial charge in [-0.2, -0.15) is 0 Å². The van der Waals surface area contributed by atoms with E-state index in [2.05, 4.69) is 4.98 Å². The fraction of sp³-hybridized carbons (Fsp3) is 0.154. The fourth-order valence-corrected chi connectivity index (χ4v) is 1.64. The molecule has 0 unspecified atom stereocenters. The second-order valence-corrected chi connectivity index (χ2v) is 4.04. The molecule has 0 aliphatic carbocycles. The molecule has 0 aliphatic heterocycles. The highest BCUT2D eigenvalue weighted by atomic mass is 35.5. The van der Waals surface area contributed by atoms with Crippen molar-refractivity contribution in [2.45, 2.75) is 13.5 Å². The molecule has 0 amide bonds. The van der Waals surface area contributed by atoms with Crippen molar-refractivity contribution in [1.82, 2.24) is 4.98 Å². The van der Waals surface area contributed by atoms with E-state index in [-0.39, 0.29) is 5.82 Å². The topological polar surface area (TPSA) is 22.1 Å². The van der Waals surface area contributed by atoms with Crippen molar-refractivity contribution in [3.8, 4) is 5.75 Å². The molecule has 17 heavy (non-hydrogen) atoms. The van der Waals surface area contributed by atoms with Crippen LogP contribution < -0.4 is 4.74 Å². The van der Waals surface area contributed by atoms with Crippen LogP contribution in [0.2, 0.25) is 5.15 Å². The van der Waals surface area contributed by atoms with Crippen LogP contribution in [0.5, 0.6) is 5.75 Å². The zero-order valence-electron chi connectivity index (χ0n) is 9.28. The minimum atomic E-state index is -0.268. The van der Waals surface area contributed by atoms with E-state index in [1.165, 1.54) is 12.1 Å². The van der Waals surface area contributed by atoms with E-state index in [9.17, 15) is 4.39 Å². The van der Waals surface area contributed by atoms with E-state index in [4.69, 9.17) is 16.3 Å². The van der Waals surface area contributed by atoms with E-state index in [1.807, 2.05) is 12.1 Å². The lowest BCUT2D eigenvalue weighted by Gasteiger charge is -2.08. The van der Waals surface area contributed by atoms with E-state index < -0.39 is 0 Å². The summed E-state index contributed by atoms with van der Waals surface area (Å²) in [4.78, 5) is 4.10. The zero-order chi connectivity index (χ0) is 12.3. The van der Waals surface area contributed by atoms with Crippen LogP contribution in [0, 0.1) is 12.7 Å². The molecule has 88 valence electrons. The van der Waals surface area contributed by atoms with Crippen LogP contribution in [-0.2, 0) is 6.61 Å². The number of benzene rings is 1. The smallest absolute Gasteiger partial charge is 0.130 e. The normalized spacial score (nSPS) is 10.3. The highest BCUT2D eigenvalue weighted by Gasteiger charge is 2.02. The average molecular weight is 252 g/mol. The molecular weight excluding hydrogens is 241 g/mol. The first-order chi connectivity index (χ1) is 8.15. The standard InChI is InChI=1S/C13H11ClFNO/c1-9-7-10(15)5-6-12(9)17-8-11-3-2-4-13(14)16-11/h2-7H,8H2,1H3. The minimum absolute atomic E-state index is 0.268. The van der Waals surface area contributed by atoms with Gasteiger partial charge in [-0.25, -0.2) is 9.37 Å². The Balaban J connectivity index is 2.07. The molecule has 0 aliphatic rings. The summed E-state index contributed by atoms with van der Waals surface area (Å²) in [6, 6.07) is 9.74. The monoisotopic (exact) mass is 251 g/mol. The number of aryl methyl sites for hydroxylation is 1. The van der Waals surface area contributed by atoms with Gasteiger partial charge in [-0.15, -0.1) is 0 Å². The van der Waals surface area contributed by atoms with Crippen LogP contribution in [0.1, 0.15) is 11.3 Å². The van der Waals surface area contributed by atoms with Crippen molar-refractivity contribution < 1.29 is 9.13 Å². The molecule has 4 heteroatoms. The van der Waals surface area contributed by atoms with Crippen molar-refractivity contribution in [2.75, 3.05) is 0 Å². The minimum Gasteiger partial charge on any atom is -0.487 e. The molecule has 0 saturated heterocycles. The summed E-state index contributed by atoms with van der Waals surface area (Å²) in [6.07, 6.45) is 0. The van der Waals surface area contributed by atoms with Crippen LogP contribution in [0.3, 0.4) is 0 Å². The first-order valence-electron chi connectivity index (χ1n) is 5.15. The van der Waals surface area contributed by atoms with Gasteiger partial charge in [0.2, 0.25) is 0 Å². The fourth-order valence-electron chi connectivity index (χ4n) is 1.46. The first kappa shape index (κ1) is 11.9. The van der Waals surface area contributed by atoms with E-state index in [1.54, 1.807) is 19.1 Å². The Morgan fingerprint density at radius 2 is 2.12 bits per heavy atom. The Hall–Kier alpha value is -1.61. The zero-order valence-corrected chi connectivity index (χ0v) is 10.0. The highest BCUT2D eigenvalue weighted by molar-refractivity contribution is 6.29. The highest BCUT2D eigenvalue weighted by Crippen LogP contribution is 2.19. The van der Waals surface area contributed by atoms with Gasteiger partial charge in [0.25, 0.3) is 0 Å². The van der Waals surface area contributed by atoms with Crippen molar-refractivity contribution in [3.63, 3.8) is 0 Å². The van der Waals surface area contributed by atoms with Crippen molar-refractivity contribution in [3.05, 3.63) is 58.6 Å². The van der Waals surface area contributed by atoms with Crippen LogP contribution in [0.4, 0.5) is 4.39 Å². The Morgan fingerprint density at radius 3 is 2.82 bits per heavy atom. The summed E-state index contributed by atoms with van der Waals surface area (Å²) in [5, 5.41) is 0.432. The second kappa shape index (κ2) is 5.15. The van der Waals surface area contributed by atoms with E-state index >= 15 is 0 Å². The Morgan fingerprint density at radius 1 is 1.29 bits per heavy atom. The maximum absolute atomic E-state index is 12.9. The first-order valence-corrected chi connectivity index (χ1v) is 5.53. The maximum Gasteiger partial charge on any atom is 0.130 e. The third kappa shape index (κ3) is 3.17. The van der Waals surface area contributed by atoms with Crippen LogP contribution in [0.15, 0.2) is 36.4 Å². The van der Waals surface area contributed by atoms with Gasteiger partial charge in [-0.3, -0.25) is 0 Å². The van der Waals surface area contributed by atoms with Gasteiger partial charge in [-0.05, 0) is 42.8 Å². The molecule has 1 aromatic carbocycles. The SMILES string of the molecule is Cc1cc(F)ccc1OCc1cccc(Cl)n1. The lowest BCUT2D eigenvalue weighted by Crippen LogP contribution is -1.99. The molecule has 0 bridgehead atoms. The number of ether oxygens (including phenoxy) is 1. The van der Waals surface area contributed by atoms with E-state index in [0.29, 0.717) is 17.5 Å². The van der Waals surface area contributed by atoms with Crippen LogP contribution in [0.25, 0.3) is 0 Å². The number of nitrogens with zero attached hydrogens (tertiary/aromatic N) is 1. The molecular formula is C13H11ClFNO. The molecule has 0 spiro atoms. The second-order valence-electron chi connectivity index (χ2n) is 3.65. The lowest BCUT2D eigenvalue weighted by atomic mass is 10.2. The molecule has 0 atom stereocenters. The van der Waals surface area contributed by atoms with Crippen LogP contribution >= 0.6 is 11.6 Å². The molecule has 0 fully saturated rings. The molecule has 0 saturated carbocycles. The van der Waals surface area contributed by atoms with Crippen molar-refractivity contribution >= 4 is 11.6 Å². The number of hydrogen-bond donors (Lipinski definition) is 0. The molecule has 2 nitrogen and oxygen atoms in total. The summed E-state index contributed by atoms with van der Waals surface area (Å²) in [5.74, 6) is 0.379. The van der Waals surface area contributed by atoms with Gasteiger partial charge < -0.3 is 4.74 Å². The Bertz CT molecular complexity index is 531. The molecule has 2 aromatic rings. The summed E-state index contributed by atoms with van der Waals surface area (Å²) in [7, 11) is 0. The Labute approximate surface area is 104 Å². The number of rotatable bonds is 3. The number of halogens is 2. The Kier molecular flexibility index (Phi) is 3.59. The third-order valence-corrected chi connectivity index (χ3v) is 2.50. The number of hydrogen-bond acceptors (Lipinski definition) is 2. The van der Waals surface area contributed by atoms with E-state index in [0.717, 1.165) is 11.3 Å². The maximum atomic E-state index is 12.9. The van der Waals surface area contributed by atoms with Gasteiger partial charge in [0.05, 0.1) is 5.69 Å². The molecule has 1 heterocycles. The summed E-state index contributed by atoms with van der Waals surface area (Å²) < 4.78 is 18.4. The molecule has 0 radical (unpaired) electrons. The summed E-state index contributed by atoms with van der Waals surface area (Å²) in [6.45, 7) is 2.11. The predicted octanol–water partition coefficient (Wildman–Crippen LogP) is 3.76. The molecule has 2 rings (SSSR count). The number of aromatic nitrogens is 1. The third-order valence-electron chi connectivity index (χ3n) is 2.29. The van der Waals surface area contributed by atoms with Gasteiger partial charge in [0.1, 0.15) is 23.3 Å². The quantitative estimate of drug-likeness (QED) is 0.775. The largest absolute Gasteiger partial charge is 0.487 e. The predicted molar refractivity (Wildman–Crippen MR) is 64.7 cm³/mol. The van der Waals surface area contributed by atoms with Crippen molar-refractivity contribution in [2.24, 2.45) is 0 Å². The summed E-state index contributed by atoms with van der Waals surface area (Å²) in [5.41, 5.74) is 1.49. The molecule has 1 aromatic heterocycles. The number of pyridine rings is 1.